The highest BCUT2D eigenvalue weighted by molar-refractivity contribution is 5.89. The van der Waals surface area contributed by atoms with Gasteiger partial charge in [0.2, 0.25) is 0 Å². The predicted octanol–water partition coefficient (Wildman–Crippen LogP) is 1.54. The van der Waals surface area contributed by atoms with E-state index in [1.54, 1.807) is 12.1 Å². The van der Waals surface area contributed by atoms with Gasteiger partial charge < -0.3 is 9.84 Å². The second-order valence-corrected chi connectivity index (χ2v) is 4.09. The van der Waals surface area contributed by atoms with E-state index in [0.29, 0.717) is 12.0 Å². The number of carbonyl (C=O) groups is 1. The summed E-state index contributed by atoms with van der Waals surface area (Å²) in [5, 5.41) is 9.72. The van der Waals surface area contributed by atoms with Crippen LogP contribution < -0.4 is 0 Å². The number of hydrogen-bond acceptors (Lipinski definition) is 3. The summed E-state index contributed by atoms with van der Waals surface area (Å²) < 4.78 is 4.60. The van der Waals surface area contributed by atoms with Crippen LogP contribution in [0.3, 0.4) is 0 Å². The van der Waals surface area contributed by atoms with Crippen LogP contribution >= 0.6 is 0 Å². The van der Waals surface area contributed by atoms with E-state index in [2.05, 4.69) is 4.74 Å². The van der Waals surface area contributed by atoms with E-state index < -0.39 is 5.60 Å². The zero-order chi connectivity index (χ0) is 10.9. The van der Waals surface area contributed by atoms with Crippen molar-refractivity contribution in [2.45, 2.75) is 24.9 Å². The molecular weight excluding hydrogens is 192 g/mol. The van der Waals surface area contributed by atoms with Crippen molar-refractivity contribution < 1.29 is 14.6 Å². The molecule has 0 amide bonds. The third kappa shape index (κ3) is 2.36. The summed E-state index contributed by atoms with van der Waals surface area (Å²) in [5.74, 6) is -0.327. The SMILES string of the molecule is COC(=O)c1ccc(CC2(O)CC2)cc1. The number of esters is 1. The van der Waals surface area contributed by atoms with E-state index >= 15 is 0 Å². The highest BCUT2D eigenvalue weighted by Gasteiger charge is 2.39. The minimum atomic E-state index is -0.479. The van der Waals surface area contributed by atoms with E-state index in [0.717, 1.165) is 18.4 Å². The third-order valence-corrected chi connectivity index (χ3v) is 2.74. The van der Waals surface area contributed by atoms with Gasteiger partial charge in [-0.05, 0) is 30.5 Å². The number of hydrogen-bond donors (Lipinski definition) is 1. The lowest BCUT2D eigenvalue weighted by molar-refractivity contribution is 0.0600. The van der Waals surface area contributed by atoms with Crippen LogP contribution in [-0.2, 0) is 11.2 Å². The molecule has 0 aromatic heterocycles. The summed E-state index contributed by atoms with van der Waals surface area (Å²) in [4.78, 5) is 11.2. The summed E-state index contributed by atoms with van der Waals surface area (Å²) in [6.45, 7) is 0. The Balaban J connectivity index is 2.06. The summed E-state index contributed by atoms with van der Waals surface area (Å²) in [6.07, 6.45) is 2.44. The average molecular weight is 206 g/mol. The van der Waals surface area contributed by atoms with Gasteiger partial charge in [-0.1, -0.05) is 12.1 Å². The molecule has 3 nitrogen and oxygen atoms in total. The van der Waals surface area contributed by atoms with Gasteiger partial charge in [-0.15, -0.1) is 0 Å². The van der Waals surface area contributed by atoms with Crippen molar-refractivity contribution in [3.63, 3.8) is 0 Å². The molecule has 0 heterocycles. The van der Waals surface area contributed by atoms with Gasteiger partial charge in [-0.2, -0.15) is 0 Å². The normalized spacial score (nSPS) is 17.2. The zero-order valence-electron chi connectivity index (χ0n) is 8.69. The van der Waals surface area contributed by atoms with Crippen molar-refractivity contribution in [2.75, 3.05) is 7.11 Å². The average Bonchev–Trinajstić information content (AvgIpc) is 2.96. The molecule has 15 heavy (non-hydrogen) atoms. The smallest absolute Gasteiger partial charge is 0.337 e. The first-order chi connectivity index (χ1) is 7.13. The Labute approximate surface area is 88.7 Å². The number of ether oxygens (including phenoxy) is 1. The summed E-state index contributed by atoms with van der Waals surface area (Å²) in [5.41, 5.74) is 1.12. The van der Waals surface area contributed by atoms with Gasteiger partial charge in [0.1, 0.15) is 0 Å². The van der Waals surface area contributed by atoms with Gasteiger partial charge in [-0.3, -0.25) is 0 Å². The van der Waals surface area contributed by atoms with Crippen LogP contribution in [0, 0.1) is 0 Å². The second-order valence-electron chi connectivity index (χ2n) is 4.09. The highest BCUT2D eigenvalue weighted by atomic mass is 16.5. The maximum absolute atomic E-state index is 11.2. The molecule has 2 rings (SSSR count). The minimum Gasteiger partial charge on any atom is -0.465 e. The summed E-state index contributed by atoms with van der Waals surface area (Å²) in [6, 6.07) is 7.19. The number of rotatable bonds is 3. The van der Waals surface area contributed by atoms with Crippen molar-refractivity contribution >= 4 is 5.97 Å². The van der Waals surface area contributed by atoms with Gasteiger partial charge in [0.25, 0.3) is 0 Å². The van der Waals surface area contributed by atoms with Crippen LogP contribution in [0.5, 0.6) is 0 Å². The Kier molecular flexibility index (Phi) is 2.49. The van der Waals surface area contributed by atoms with Gasteiger partial charge in [0, 0.05) is 6.42 Å². The van der Waals surface area contributed by atoms with E-state index in [4.69, 9.17) is 0 Å². The molecule has 1 N–H and O–H groups in total. The molecule has 0 spiro atoms. The Morgan fingerprint density at radius 1 is 1.40 bits per heavy atom. The maximum atomic E-state index is 11.2. The van der Waals surface area contributed by atoms with Crippen LogP contribution in [0.15, 0.2) is 24.3 Å². The molecule has 1 fully saturated rings. The zero-order valence-corrected chi connectivity index (χ0v) is 8.69. The van der Waals surface area contributed by atoms with Crippen LogP contribution in [0.25, 0.3) is 0 Å². The molecule has 0 radical (unpaired) electrons. The molecular formula is C12H14O3. The Morgan fingerprint density at radius 2 is 2.00 bits per heavy atom. The van der Waals surface area contributed by atoms with E-state index in [9.17, 15) is 9.90 Å². The Morgan fingerprint density at radius 3 is 2.47 bits per heavy atom. The van der Waals surface area contributed by atoms with Crippen LogP contribution in [0.1, 0.15) is 28.8 Å². The summed E-state index contributed by atoms with van der Waals surface area (Å²) >= 11 is 0. The predicted molar refractivity (Wildman–Crippen MR) is 55.7 cm³/mol. The maximum Gasteiger partial charge on any atom is 0.337 e. The van der Waals surface area contributed by atoms with Gasteiger partial charge >= 0.3 is 5.97 Å². The minimum absolute atomic E-state index is 0.327. The summed E-state index contributed by atoms with van der Waals surface area (Å²) in [7, 11) is 1.36. The molecule has 1 aliphatic rings. The highest BCUT2D eigenvalue weighted by Crippen LogP contribution is 2.38. The van der Waals surface area contributed by atoms with Crippen molar-refractivity contribution in [1.29, 1.82) is 0 Å². The fourth-order valence-electron chi connectivity index (χ4n) is 1.58. The van der Waals surface area contributed by atoms with E-state index in [1.165, 1.54) is 7.11 Å². The van der Waals surface area contributed by atoms with Crippen LogP contribution in [0.2, 0.25) is 0 Å². The van der Waals surface area contributed by atoms with Gasteiger partial charge in [0.15, 0.2) is 0 Å². The first kappa shape index (κ1) is 10.2. The monoisotopic (exact) mass is 206 g/mol. The van der Waals surface area contributed by atoms with E-state index in [1.807, 2.05) is 12.1 Å². The van der Waals surface area contributed by atoms with Crippen molar-refractivity contribution in [3.8, 4) is 0 Å². The number of methoxy groups -OCH3 is 1. The molecule has 80 valence electrons. The molecule has 0 saturated heterocycles. The first-order valence-electron chi connectivity index (χ1n) is 5.03. The van der Waals surface area contributed by atoms with Gasteiger partial charge in [-0.25, -0.2) is 4.79 Å². The molecule has 0 bridgehead atoms. The largest absolute Gasteiger partial charge is 0.465 e. The van der Waals surface area contributed by atoms with Gasteiger partial charge in [0.05, 0.1) is 18.3 Å². The molecule has 0 aliphatic heterocycles. The fraction of sp³-hybridized carbons (Fsp3) is 0.417. The number of benzene rings is 1. The molecule has 0 atom stereocenters. The van der Waals surface area contributed by atoms with E-state index in [-0.39, 0.29) is 5.97 Å². The van der Waals surface area contributed by atoms with Crippen molar-refractivity contribution in [3.05, 3.63) is 35.4 Å². The second kappa shape index (κ2) is 3.66. The molecule has 1 aromatic carbocycles. The standard InChI is InChI=1S/C12H14O3/c1-15-11(13)10-4-2-9(3-5-10)8-12(14)6-7-12/h2-5,14H,6-8H2,1H3. The quantitative estimate of drug-likeness (QED) is 0.763. The lowest BCUT2D eigenvalue weighted by Crippen LogP contribution is -2.10. The van der Waals surface area contributed by atoms with Crippen LogP contribution in [0.4, 0.5) is 0 Å². The molecule has 1 aliphatic carbocycles. The van der Waals surface area contributed by atoms with Crippen LogP contribution in [-0.4, -0.2) is 23.8 Å². The first-order valence-corrected chi connectivity index (χ1v) is 5.03. The lowest BCUT2D eigenvalue weighted by Gasteiger charge is -2.07. The Hall–Kier alpha value is -1.35. The number of aliphatic hydroxyl groups is 1. The number of carbonyl (C=O) groups excluding carboxylic acids is 1. The third-order valence-electron chi connectivity index (χ3n) is 2.74. The van der Waals surface area contributed by atoms with Crippen molar-refractivity contribution in [1.82, 2.24) is 0 Å². The molecule has 1 aromatic rings. The lowest BCUT2D eigenvalue weighted by atomic mass is 10.0. The topological polar surface area (TPSA) is 46.5 Å². The molecule has 3 heteroatoms. The Bertz CT molecular complexity index is 363. The molecule has 0 unspecified atom stereocenters. The fourth-order valence-corrected chi connectivity index (χ4v) is 1.58. The molecule has 1 saturated carbocycles. The van der Waals surface area contributed by atoms with Crippen molar-refractivity contribution in [2.24, 2.45) is 0 Å².